The van der Waals surface area contributed by atoms with Gasteiger partial charge < -0.3 is 5.73 Å². The highest BCUT2D eigenvalue weighted by Gasteiger charge is 2.29. The molecule has 4 heteroatoms. The van der Waals surface area contributed by atoms with Gasteiger partial charge in [-0.15, -0.1) is 11.3 Å². The third-order valence-electron chi connectivity index (χ3n) is 3.39. The maximum Gasteiger partial charge on any atom is 0.0931 e. The zero-order valence-corrected chi connectivity index (χ0v) is 12.3. The van der Waals surface area contributed by atoms with Crippen LogP contribution >= 0.6 is 22.9 Å². The van der Waals surface area contributed by atoms with Crippen molar-refractivity contribution in [2.45, 2.75) is 32.0 Å². The summed E-state index contributed by atoms with van der Waals surface area (Å²) >= 11 is 7.68. The fraction of sp³-hybridized carbons (Fsp3) is 0.333. The Morgan fingerprint density at radius 1 is 1.21 bits per heavy atom. The van der Waals surface area contributed by atoms with Crippen LogP contribution in [0.3, 0.4) is 0 Å². The SMILES string of the molecule is Nc1cccc(CN(Cc2ccc(Cl)s2)C2CC2)c1. The second kappa shape index (κ2) is 5.53. The van der Waals surface area contributed by atoms with E-state index in [2.05, 4.69) is 23.1 Å². The molecule has 2 nitrogen and oxygen atoms in total. The summed E-state index contributed by atoms with van der Waals surface area (Å²) in [4.78, 5) is 3.86. The Morgan fingerprint density at radius 2 is 2.05 bits per heavy atom. The number of nitrogen functional groups attached to an aromatic ring is 1. The Morgan fingerprint density at radius 3 is 2.68 bits per heavy atom. The molecule has 0 amide bonds. The maximum atomic E-state index is 6.00. The highest BCUT2D eigenvalue weighted by Crippen LogP contribution is 2.32. The number of halogens is 1. The fourth-order valence-corrected chi connectivity index (χ4v) is 3.43. The molecular weight excluding hydrogens is 276 g/mol. The lowest BCUT2D eigenvalue weighted by Crippen LogP contribution is -2.24. The molecule has 1 saturated carbocycles. The van der Waals surface area contributed by atoms with Crippen molar-refractivity contribution in [3.8, 4) is 0 Å². The van der Waals surface area contributed by atoms with Crippen LogP contribution in [0.2, 0.25) is 4.34 Å². The van der Waals surface area contributed by atoms with Gasteiger partial charge in [0.1, 0.15) is 0 Å². The largest absolute Gasteiger partial charge is 0.399 e. The van der Waals surface area contributed by atoms with Crippen LogP contribution in [-0.4, -0.2) is 10.9 Å². The molecule has 3 rings (SSSR count). The molecule has 0 radical (unpaired) electrons. The van der Waals surface area contributed by atoms with E-state index < -0.39 is 0 Å². The van der Waals surface area contributed by atoms with Crippen LogP contribution in [0.25, 0.3) is 0 Å². The van der Waals surface area contributed by atoms with Gasteiger partial charge in [-0.3, -0.25) is 4.90 Å². The van der Waals surface area contributed by atoms with Gasteiger partial charge in [0.05, 0.1) is 4.34 Å². The van der Waals surface area contributed by atoms with Crippen LogP contribution in [0.4, 0.5) is 5.69 Å². The molecule has 2 N–H and O–H groups in total. The lowest BCUT2D eigenvalue weighted by Gasteiger charge is -2.21. The first kappa shape index (κ1) is 13.0. The minimum absolute atomic E-state index is 0.724. The van der Waals surface area contributed by atoms with Gasteiger partial charge in [0.15, 0.2) is 0 Å². The Kier molecular flexibility index (Phi) is 3.78. The van der Waals surface area contributed by atoms with Crippen molar-refractivity contribution >= 4 is 28.6 Å². The van der Waals surface area contributed by atoms with Gasteiger partial charge in [-0.25, -0.2) is 0 Å². The van der Waals surface area contributed by atoms with E-state index >= 15 is 0 Å². The van der Waals surface area contributed by atoms with Gasteiger partial charge in [0.25, 0.3) is 0 Å². The van der Waals surface area contributed by atoms with Crippen LogP contribution in [-0.2, 0) is 13.1 Å². The Hall–Kier alpha value is -1.03. The Balaban J connectivity index is 1.71. The molecule has 0 bridgehead atoms. The summed E-state index contributed by atoms with van der Waals surface area (Å²) in [5, 5.41) is 0. The van der Waals surface area contributed by atoms with E-state index in [9.17, 15) is 0 Å². The van der Waals surface area contributed by atoms with Gasteiger partial charge in [0, 0.05) is 29.7 Å². The molecule has 0 unspecified atom stereocenters. The summed E-state index contributed by atoms with van der Waals surface area (Å²) in [5.41, 5.74) is 7.97. The predicted octanol–water partition coefficient (Wildman–Crippen LogP) is 4.15. The normalized spacial score (nSPS) is 15.1. The molecule has 1 heterocycles. The maximum absolute atomic E-state index is 6.00. The first-order valence-electron chi connectivity index (χ1n) is 6.53. The molecule has 2 aromatic rings. The molecule has 1 aliphatic rings. The number of benzene rings is 1. The van der Waals surface area contributed by atoms with E-state index in [1.54, 1.807) is 11.3 Å². The highest BCUT2D eigenvalue weighted by molar-refractivity contribution is 7.16. The fourth-order valence-electron chi connectivity index (χ4n) is 2.32. The van der Waals surface area contributed by atoms with Crippen molar-refractivity contribution in [1.29, 1.82) is 0 Å². The summed E-state index contributed by atoms with van der Waals surface area (Å²) in [6, 6.07) is 13.0. The molecule has 1 fully saturated rings. The Labute approximate surface area is 122 Å². The third-order valence-corrected chi connectivity index (χ3v) is 4.60. The zero-order chi connectivity index (χ0) is 13.2. The summed E-state index contributed by atoms with van der Waals surface area (Å²) in [5.74, 6) is 0. The number of rotatable bonds is 5. The first-order valence-corrected chi connectivity index (χ1v) is 7.73. The zero-order valence-electron chi connectivity index (χ0n) is 10.7. The lowest BCUT2D eigenvalue weighted by atomic mass is 10.2. The van der Waals surface area contributed by atoms with E-state index in [0.717, 1.165) is 29.2 Å². The van der Waals surface area contributed by atoms with Crippen molar-refractivity contribution in [1.82, 2.24) is 4.90 Å². The Bertz CT molecular complexity index is 563. The standard InChI is InChI=1S/C15H17ClN2S/c16-15-7-6-14(19-15)10-18(13-4-5-13)9-11-2-1-3-12(17)8-11/h1-3,6-8,13H,4-5,9-10,17H2. The van der Waals surface area contributed by atoms with Crippen LogP contribution in [0.1, 0.15) is 23.3 Å². The number of thiophene rings is 1. The predicted molar refractivity (Wildman–Crippen MR) is 82.5 cm³/mol. The summed E-state index contributed by atoms with van der Waals surface area (Å²) in [7, 11) is 0. The summed E-state index contributed by atoms with van der Waals surface area (Å²) in [6.45, 7) is 1.95. The molecule has 1 aromatic heterocycles. The van der Waals surface area contributed by atoms with Crippen LogP contribution in [0.5, 0.6) is 0 Å². The van der Waals surface area contributed by atoms with Crippen molar-refractivity contribution in [2.75, 3.05) is 5.73 Å². The van der Waals surface area contributed by atoms with E-state index in [-0.39, 0.29) is 0 Å². The monoisotopic (exact) mass is 292 g/mol. The average molecular weight is 293 g/mol. The van der Waals surface area contributed by atoms with Gasteiger partial charge in [-0.1, -0.05) is 23.7 Å². The minimum Gasteiger partial charge on any atom is -0.399 e. The average Bonchev–Trinajstić information content (AvgIpc) is 3.13. The third kappa shape index (κ3) is 3.50. The molecule has 0 spiro atoms. The van der Waals surface area contributed by atoms with Crippen LogP contribution in [0, 0.1) is 0 Å². The molecule has 0 atom stereocenters. The van der Waals surface area contributed by atoms with E-state index in [4.69, 9.17) is 17.3 Å². The van der Waals surface area contributed by atoms with Crippen molar-refractivity contribution < 1.29 is 0 Å². The van der Waals surface area contributed by atoms with Gasteiger partial charge in [-0.2, -0.15) is 0 Å². The minimum atomic E-state index is 0.724. The second-order valence-corrected chi connectivity index (χ2v) is 6.89. The van der Waals surface area contributed by atoms with E-state index in [1.807, 2.05) is 18.2 Å². The topological polar surface area (TPSA) is 29.3 Å². The van der Waals surface area contributed by atoms with Crippen LogP contribution in [0.15, 0.2) is 36.4 Å². The highest BCUT2D eigenvalue weighted by atomic mass is 35.5. The lowest BCUT2D eigenvalue weighted by molar-refractivity contribution is 0.248. The number of hydrogen-bond acceptors (Lipinski definition) is 3. The number of nitrogens with zero attached hydrogens (tertiary/aromatic N) is 1. The molecule has 0 aliphatic heterocycles. The number of hydrogen-bond donors (Lipinski definition) is 1. The smallest absolute Gasteiger partial charge is 0.0931 e. The van der Waals surface area contributed by atoms with Crippen molar-refractivity contribution in [3.63, 3.8) is 0 Å². The summed E-state index contributed by atoms with van der Waals surface area (Å²) < 4.78 is 0.870. The molecule has 19 heavy (non-hydrogen) atoms. The molecular formula is C15H17ClN2S. The van der Waals surface area contributed by atoms with Crippen LogP contribution < -0.4 is 5.73 Å². The molecule has 1 aromatic carbocycles. The molecule has 100 valence electrons. The number of anilines is 1. The molecule has 1 aliphatic carbocycles. The van der Waals surface area contributed by atoms with Crippen molar-refractivity contribution in [2.24, 2.45) is 0 Å². The first-order chi connectivity index (χ1) is 9.20. The van der Waals surface area contributed by atoms with Gasteiger partial charge in [0.2, 0.25) is 0 Å². The number of nitrogens with two attached hydrogens (primary N) is 1. The second-order valence-electron chi connectivity index (χ2n) is 5.09. The van der Waals surface area contributed by atoms with Gasteiger partial charge in [-0.05, 0) is 42.7 Å². The van der Waals surface area contributed by atoms with E-state index in [1.165, 1.54) is 23.3 Å². The van der Waals surface area contributed by atoms with Crippen molar-refractivity contribution in [3.05, 3.63) is 51.2 Å². The molecule has 0 saturated heterocycles. The van der Waals surface area contributed by atoms with Gasteiger partial charge >= 0.3 is 0 Å². The quantitative estimate of drug-likeness (QED) is 0.839. The summed E-state index contributed by atoms with van der Waals surface area (Å²) in [6.07, 6.45) is 2.61. The van der Waals surface area contributed by atoms with E-state index in [0.29, 0.717) is 0 Å².